The minimum Gasteiger partial charge on any atom is -0.493 e. The topological polar surface area (TPSA) is 87.9 Å². The van der Waals surface area contributed by atoms with Gasteiger partial charge in [-0.1, -0.05) is 0 Å². The number of nitrogens with two attached hydrogens (primary N) is 1. The number of ether oxygens (including phenoxy) is 4. The summed E-state index contributed by atoms with van der Waals surface area (Å²) < 4.78 is 22.7. The van der Waals surface area contributed by atoms with Gasteiger partial charge in [-0.3, -0.25) is 0 Å². The van der Waals surface area contributed by atoms with Crippen LogP contribution in [0.2, 0.25) is 0 Å². The van der Waals surface area contributed by atoms with Crippen molar-refractivity contribution in [1.82, 2.24) is 4.98 Å². The summed E-state index contributed by atoms with van der Waals surface area (Å²) in [5, 5.41) is 4.64. The van der Waals surface area contributed by atoms with Gasteiger partial charge in [0.25, 0.3) is 0 Å². The van der Waals surface area contributed by atoms with Crippen molar-refractivity contribution in [3.63, 3.8) is 0 Å². The Bertz CT molecular complexity index is 1180. The Labute approximate surface area is 181 Å². The predicted molar refractivity (Wildman–Crippen MR) is 121 cm³/mol. The molecule has 0 atom stereocenters. The van der Waals surface area contributed by atoms with Crippen LogP contribution in [0.15, 0.2) is 18.2 Å². The molecule has 31 heavy (non-hydrogen) atoms. The zero-order valence-corrected chi connectivity index (χ0v) is 18.1. The Kier molecular flexibility index (Phi) is 4.98. The van der Waals surface area contributed by atoms with Gasteiger partial charge in [-0.2, -0.15) is 0 Å². The van der Waals surface area contributed by atoms with Gasteiger partial charge in [-0.15, -0.1) is 0 Å². The number of nitrogens with one attached hydrogen (secondary N) is 1. The molecule has 162 valence electrons. The molecule has 1 aromatic heterocycles. The number of aromatic nitrogens is 1. The highest BCUT2D eigenvalue weighted by atomic mass is 16.5. The van der Waals surface area contributed by atoms with E-state index in [1.165, 1.54) is 16.7 Å². The monoisotopic (exact) mass is 421 g/mol. The van der Waals surface area contributed by atoms with Crippen LogP contribution in [0.5, 0.6) is 23.0 Å². The minimum absolute atomic E-state index is 0.455. The average Bonchev–Trinajstić information content (AvgIpc) is 2.81. The van der Waals surface area contributed by atoms with Gasteiger partial charge < -0.3 is 30.0 Å². The third kappa shape index (κ3) is 3.03. The highest BCUT2D eigenvalue weighted by Gasteiger charge is 2.29. The van der Waals surface area contributed by atoms with Crippen molar-refractivity contribution < 1.29 is 18.9 Å². The number of anilines is 1. The molecule has 0 amide bonds. The van der Waals surface area contributed by atoms with Crippen LogP contribution < -0.4 is 30.0 Å². The summed E-state index contributed by atoms with van der Waals surface area (Å²) in [6.45, 7) is 1.77. The van der Waals surface area contributed by atoms with Crippen LogP contribution in [0.4, 0.5) is 5.69 Å². The molecule has 7 nitrogen and oxygen atoms in total. The molecule has 3 N–H and O–H groups in total. The molecule has 1 aliphatic carbocycles. The van der Waals surface area contributed by atoms with E-state index >= 15 is 0 Å². The Balaban J connectivity index is 1.76. The fourth-order valence-corrected chi connectivity index (χ4v) is 4.84. The summed E-state index contributed by atoms with van der Waals surface area (Å²) in [6.07, 6.45) is 2.83. The van der Waals surface area contributed by atoms with Crippen LogP contribution in [0.25, 0.3) is 22.2 Å². The quantitative estimate of drug-likeness (QED) is 0.631. The summed E-state index contributed by atoms with van der Waals surface area (Å²) in [5.41, 5.74) is 13.5. The van der Waals surface area contributed by atoms with E-state index in [0.29, 0.717) is 24.7 Å². The van der Waals surface area contributed by atoms with E-state index < -0.39 is 0 Å². The second-order valence-corrected chi connectivity index (χ2v) is 7.77. The zero-order chi connectivity index (χ0) is 21.5. The molecular weight excluding hydrogens is 394 g/mol. The van der Waals surface area contributed by atoms with Crippen molar-refractivity contribution in [3.8, 4) is 34.3 Å². The van der Waals surface area contributed by atoms with E-state index in [-0.39, 0.29) is 0 Å². The fourth-order valence-electron chi connectivity index (χ4n) is 4.84. The normalized spacial score (nSPS) is 13.8. The molecule has 2 heterocycles. The van der Waals surface area contributed by atoms with Gasteiger partial charge in [0, 0.05) is 30.1 Å². The van der Waals surface area contributed by atoms with Crippen molar-refractivity contribution in [2.24, 2.45) is 5.73 Å². The molecule has 1 aliphatic heterocycles. The van der Waals surface area contributed by atoms with E-state index in [2.05, 4.69) is 11.4 Å². The highest BCUT2D eigenvalue weighted by Crippen LogP contribution is 2.48. The lowest BCUT2D eigenvalue weighted by atomic mass is 9.83. The molecule has 0 radical (unpaired) electrons. The molecule has 7 heteroatoms. The zero-order valence-electron chi connectivity index (χ0n) is 18.1. The number of benzene rings is 2. The number of fused-ring (bicyclic) bond motifs is 4. The van der Waals surface area contributed by atoms with Crippen LogP contribution in [0.3, 0.4) is 0 Å². The molecule has 2 aliphatic rings. The number of aryl methyl sites for hydroxylation is 1. The van der Waals surface area contributed by atoms with Crippen molar-refractivity contribution in [2.75, 3.05) is 46.3 Å². The third-order valence-corrected chi connectivity index (χ3v) is 6.17. The largest absolute Gasteiger partial charge is 0.493 e. The second-order valence-electron chi connectivity index (χ2n) is 7.77. The van der Waals surface area contributed by atoms with Gasteiger partial charge in [0.2, 0.25) is 0 Å². The first-order valence-corrected chi connectivity index (χ1v) is 10.6. The molecule has 5 rings (SSSR count). The van der Waals surface area contributed by atoms with E-state index in [4.69, 9.17) is 29.7 Å². The van der Waals surface area contributed by atoms with Crippen LogP contribution in [0, 0.1) is 0 Å². The number of hydrogen-bond acceptors (Lipinski definition) is 7. The van der Waals surface area contributed by atoms with Gasteiger partial charge in [0.15, 0.2) is 23.0 Å². The number of pyridine rings is 1. The van der Waals surface area contributed by atoms with Crippen LogP contribution in [-0.4, -0.2) is 46.0 Å². The summed E-state index contributed by atoms with van der Waals surface area (Å²) in [4.78, 5) is 5.12. The van der Waals surface area contributed by atoms with Gasteiger partial charge in [-0.05, 0) is 48.1 Å². The van der Waals surface area contributed by atoms with Crippen molar-refractivity contribution in [2.45, 2.75) is 19.3 Å². The molecule has 0 unspecified atom stereocenters. The first-order chi connectivity index (χ1) is 15.2. The van der Waals surface area contributed by atoms with Crippen LogP contribution in [-0.2, 0) is 19.3 Å². The van der Waals surface area contributed by atoms with Crippen molar-refractivity contribution in [3.05, 3.63) is 34.9 Å². The molecule has 0 bridgehead atoms. The van der Waals surface area contributed by atoms with Crippen LogP contribution in [0.1, 0.15) is 16.7 Å². The summed E-state index contributed by atoms with van der Waals surface area (Å²) in [5.74, 6) is 2.84. The lowest BCUT2D eigenvalue weighted by Gasteiger charge is -2.29. The lowest BCUT2D eigenvalue weighted by Crippen LogP contribution is -2.18. The lowest BCUT2D eigenvalue weighted by molar-refractivity contribution is 0.302. The summed E-state index contributed by atoms with van der Waals surface area (Å²) in [6, 6.07) is 6.10. The molecule has 3 aromatic rings. The molecular formula is C24H27N3O4. The Hall–Kier alpha value is -3.19. The van der Waals surface area contributed by atoms with Crippen molar-refractivity contribution >= 4 is 16.6 Å². The Morgan fingerprint density at radius 1 is 0.935 bits per heavy atom. The van der Waals surface area contributed by atoms with Crippen molar-refractivity contribution in [1.29, 1.82) is 0 Å². The first-order valence-electron chi connectivity index (χ1n) is 10.6. The van der Waals surface area contributed by atoms with E-state index in [1.54, 1.807) is 21.3 Å². The summed E-state index contributed by atoms with van der Waals surface area (Å²) in [7, 11) is 4.99. The number of methoxy groups -OCH3 is 3. The molecule has 0 spiro atoms. The smallest absolute Gasteiger partial charge is 0.184 e. The third-order valence-electron chi connectivity index (χ3n) is 6.17. The maximum Gasteiger partial charge on any atom is 0.184 e. The summed E-state index contributed by atoms with van der Waals surface area (Å²) >= 11 is 0. The van der Waals surface area contributed by atoms with Gasteiger partial charge in [0.05, 0.1) is 38.2 Å². The standard InChI is InChI=1S/C24H27N3O4/c1-28-18-11-16-13(10-19(18)31-9-7-25)4-5-15-14-6-8-26-23-21(14)17(27-22(15)16)12-20(29-2)24(23)30-3/h10-12,26H,4-9,25H2,1-3H3. The Morgan fingerprint density at radius 3 is 2.52 bits per heavy atom. The van der Waals surface area contributed by atoms with Gasteiger partial charge >= 0.3 is 0 Å². The predicted octanol–water partition coefficient (Wildman–Crippen LogP) is 3.33. The SMILES string of the molecule is COc1cc2c(cc1OCCN)CCc1c-2nc2cc(OC)c(OC)c3c2c1CCN3. The maximum absolute atomic E-state index is 5.82. The number of nitrogens with zero attached hydrogens (tertiary/aromatic N) is 1. The highest BCUT2D eigenvalue weighted by molar-refractivity contribution is 6.02. The molecule has 0 fully saturated rings. The van der Waals surface area contributed by atoms with E-state index in [0.717, 1.165) is 65.2 Å². The average molecular weight is 421 g/mol. The van der Waals surface area contributed by atoms with Crippen LogP contribution >= 0.6 is 0 Å². The van der Waals surface area contributed by atoms with E-state index in [9.17, 15) is 0 Å². The maximum atomic E-state index is 5.82. The fraction of sp³-hybridized carbons (Fsp3) is 0.375. The number of hydrogen-bond donors (Lipinski definition) is 2. The molecule has 0 saturated carbocycles. The second kappa shape index (κ2) is 7.81. The van der Waals surface area contributed by atoms with Gasteiger partial charge in [0.1, 0.15) is 6.61 Å². The van der Waals surface area contributed by atoms with E-state index in [1.807, 2.05) is 12.1 Å². The number of rotatable bonds is 6. The first kappa shape index (κ1) is 19.8. The molecule has 0 saturated heterocycles. The molecule has 2 aromatic carbocycles. The minimum atomic E-state index is 0.455. The Morgan fingerprint density at radius 2 is 1.77 bits per heavy atom. The van der Waals surface area contributed by atoms with Gasteiger partial charge in [-0.25, -0.2) is 4.98 Å².